The highest BCUT2D eigenvalue weighted by Gasteiger charge is 2.23. The summed E-state index contributed by atoms with van der Waals surface area (Å²) in [7, 11) is 1.80. The van der Waals surface area contributed by atoms with E-state index in [-0.39, 0.29) is 17.9 Å². The lowest BCUT2D eigenvalue weighted by atomic mass is 10.1. The number of H-pyrrole nitrogens is 1. The van der Waals surface area contributed by atoms with Gasteiger partial charge in [-0.25, -0.2) is 4.98 Å². The monoisotopic (exact) mass is 261 g/mol. The average Bonchev–Trinajstić information content (AvgIpc) is 2.82. The SMILES string of the molecule is CN1CC(Nc2nc(N)nc3nc[nH]c23)CCC1=O. The minimum absolute atomic E-state index is 0.156. The van der Waals surface area contributed by atoms with Crippen LogP contribution in [0.15, 0.2) is 6.33 Å². The van der Waals surface area contributed by atoms with Crippen LogP contribution in [-0.4, -0.2) is 50.4 Å². The van der Waals surface area contributed by atoms with Crippen molar-refractivity contribution in [1.29, 1.82) is 0 Å². The summed E-state index contributed by atoms with van der Waals surface area (Å²) in [5.74, 6) is 0.988. The number of aromatic nitrogens is 4. The van der Waals surface area contributed by atoms with Crippen molar-refractivity contribution in [3.8, 4) is 0 Å². The third kappa shape index (κ3) is 2.16. The predicted molar refractivity (Wildman–Crippen MR) is 70.4 cm³/mol. The molecule has 2 aromatic rings. The number of aromatic amines is 1. The molecule has 0 spiro atoms. The summed E-state index contributed by atoms with van der Waals surface area (Å²) in [5, 5.41) is 3.31. The fraction of sp³-hybridized carbons (Fsp3) is 0.455. The van der Waals surface area contributed by atoms with Gasteiger partial charge in [0.05, 0.1) is 6.33 Å². The molecule has 0 bridgehead atoms. The highest BCUT2D eigenvalue weighted by Crippen LogP contribution is 2.20. The van der Waals surface area contributed by atoms with Gasteiger partial charge >= 0.3 is 0 Å². The highest BCUT2D eigenvalue weighted by atomic mass is 16.2. The molecule has 1 atom stereocenters. The van der Waals surface area contributed by atoms with E-state index in [0.717, 1.165) is 11.9 Å². The fourth-order valence-corrected chi connectivity index (χ4v) is 2.28. The van der Waals surface area contributed by atoms with Gasteiger partial charge in [-0.2, -0.15) is 9.97 Å². The van der Waals surface area contributed by atoms with E-state index >= 15 is 0 Å². The van der Waals surface area contributed by atoms with Crippen molar-refractivity contribution in [3.05, 3.63) is 6.33 Å². The zero-order chi connectivity index (χ0) is 13.4. The van der Waals surface area contributed by atoms with Crippen molar-refractivity contribution in [2.45, 2.75) is 18.9 Å². The maximum atomic E-state index is 11.5. The molecule has 0 saturated carbocycles. The Balaban J connectivity index is 1.85. The van der Waals surface area contributed by atoms with Crippen LogP contribution in [0, 0.1) is 0 Å². The molecule has 0 radical (unpaired) electrons. The molecule has 0 aliphatic carbocycles. The van der Waals surface area contributed by atoms with Crippen LogP contribution in [0.2, 0.25) is 0 Å². The summed E-state index contributed by atoms with van der Waals surface area (Å²) in [4.78, 5) is 28.5. The number of piperidine rings is 1. The van der Waals surface area contributed by atoms with Gasteiger partial charge < -0.3 is 20.9 Å². The smallest absolute Gasteiger partial charge is 0.224 e. The summed E-state index contributed by atoms with van der Waals surface area (Å²) in [6.45, 7) is 0.651. The first-order valence-electron chi connectivity index (χ1n) is 6.10. The Morgan fingerprint density at radius 1 is 1.53 bits per heavy atom. The van der Waals surface area contributed by atoms with E-state index in [2.05, 4.69) is 25.3 Å². The Kier molecular flexibility index (Phi) is 2.69. The standard InChI is InChI=1S/C11H15N7O/c1-18-4-6(2-3-7(18)19)15-10-8-9(14-5-13-8)16-11(12)17-10/h5-6H,2-4H2,1H3,(H4,12,13,14,15,16,17). The van der Waals surface area contributed by atoms with E-state index in [1.807, 2.05) is 0 Å². The van der Waals surface area contributed by atoms with Gasteiger partial charge in [-0.1, -0.05) is 0 Å². The van der Waals surface area contributed by atoms with Gasteiger partial charge in [0.15, 0.2) is 11.5 Å². The number of imidazole rings is 1. The fourth-order valence-electron chi connectivity index (χ4n) is 2.28. The molecule has 3 heterocycles. The molecule has 3 rings (SSSR count). The van der Waals surface area contributed by atoms with Crippen LogP contribution in [0.5, 0.6) is 0 Å². The first-order chi connectivity index (χ1) is 9.13. The number of anilines is 2. The lowest BCUT2D eigenvalue weighted by Gasteiger charge is -2.30. The summed E-state index contributed by atoms with van der Waals surface area (Å²) < 4.78 is 0. The normalized spacial score (nSPS) is 19.9. The molecule has 1 amide bonds. The molecule has 1 unspecified atom stereocenters. The van der Waals surface area contributed by atoms with Crippen molar-refractivity contribution < 1.29 is 4.79 Å². The van der Waals surface area contributed by atoms with Crippen LogP contribution >= 0.6 is 0 Å². The number of hydrogen-bond acceptors (Lipinski definition) is 6. The van der Waals surface area contributed by atoms with E-state index in [4.69, 9.17) is 5.73 Å². The molecule has 2 aromatic heterocycles. The van der Waals surface area contributed by atoms with Crippen LogP contribution in [0.1, 0.15) is 12.8 Å². The second kappa shape index (κ2) is 4.38. The Bertz CT molecular complexity index is 623. The number of carbonyl (C=O) groups is 1. The van der Waals surface area contributed by atoms with Gasteiger partial charge in [0.25, 0.3) is 0 Å². The number of hydrogen-bond donors (Lipinski definition) is 3. The Morgan fingerprint density at radius 3 is 3.16 bits per heavy atom. The maximum Gasteiger partial charge on any atom is 0.224 e. The van der Waals surface area contributed by atoms with Crippen molar-refractivity contribution in [3.63, 3.8) is 0 Å². The van der Waals surface area contributed by atoms with E-state index in [0.29, 0.717) is 24.4 Å². The third-order valence-corrected chi connectivity index (χ3v) is 3.27. The molecule has 100 valence electrons. The van der Waals surface area contributed by atoms with Crippen molar-refractivity contribution >= 4 is 28.8 Å². The molecule has 0 aromatic carbocycles. The lowest BCUT2D eigenvalue weighted by molar-refractivity contribution is -0.132. The summed E-state index contributed by atoms with van der Waals surface area (Å²) in [6.07, 6.45) is 2.88. The van der Waals surface area contributed by atoms with E-state index in [1.165, 1.54) is 0 Å². The van der Waals surface area contributed by atoms with Gasteiger partial charge in [0, 0.05) is 26.1 Å². The molecule has 1 saturated heterocycles. The van der Waals surface area contributed by atoms with Gasteiger partial charge in [-0.3, -0.25) is 4.79 Å². The number of rotatable bonds is 2. The van der Waals surface area contributed by atoms with Crippen LogP contribution in [-0.2, 0) is 4.79 Å². The van der Waals surface area contributed by atoms with Crippen LogP contribution < -0.4 is 11.1 Å². The molecule has 1 aliphatic heterocycles. The average molecular weight is 261 g/mol. The number of carbonyl (C=O) groups excluding carboxylic acids is 1. The van der Waals surface area contributed by atoms with E-state index < -0.39 is 0 Å². The number of fused-ring (bicyclic) bond motifs is 1. The molecule has 1 aliphatic rings. The van der Waals surface area contributed by atoms with Crippen LogP contribution in [0.25, 0.3) is 11.2 Å². The Morgan fingerprint density at radius 2 is 2.37 bits per heavy atom. The number of nitrogens with one attached hydrogen (secondary N) is 2. The van der Waals surface area contributed by atoms with E-state index in [1.54, 1.807) is 18.3 Å². The zero-order valence-electron chi connectivity index (χ0n) is 10.6. The van der Waals surface area contributed by atoms with Crippen molar-refractivity contribution in [1.82, 2.24) is 24.8 Å². The van der Waals surface area contributed by atoms with Gasteiger partial charge in [0.1, 0.15) is 5.52 Å². The molecular weight excluding hydrogens is 246 g/mol. The van der Waals surface area contributed by atoms with Gasteiger partial charge in [-0.05, 0) is 6.42 Å². The molecule has 8 heteroatoms. The Labute approximate surface area is 109 Å². The topological polar surface area (TPSA) is 113 Å². The lowest BCUT2D eigenvalue weighted by Crippen LogP contribution is -2.43. The minimum atomic E-state index is 0.156. The second-order valence-corrected chi connectivity index (χ2v) is 4.69. The molecule has 8 nitrogen and oxygen atoms in total. The summed E-state index contributed by atoms with van der Waals surface area (Å²) in [5.41, 5.74) is 6.93. The number of nitrogens with two attached hydrogens (primary N) is 1. The summed E-state index contributed by atoms with van der Waals surface area (Å²) in [6, 6.07) is 0.156. The van der Waals surface area contributed by atoms with Gasteiger partial charge in [-0.15, -0.1) is 0 Å². The molecule has 19 heavy (non-hydrogen) atoms. The molecular formula is C11H15N7O. The predicted octanol–water partition coefficient (Wildman–Crippen LogP) is -0.0322. The van der Waals surface area contributed by atoms with Crippen LogP contribution in [0.4, 0.5) is 11.8 Å². The first kappa shape index (κ1) is 11.7. The maximum absolute atomic E-state index is 11.5. The third-order valence-electron chi connectivity index (χ3n) is 3.27. The number of nitrogen functional groups attached to an aromatic ring is 1. The zero-order valence-corrected chi connectivity index (χ0v) is 10.6. The Hall–Kier alpha value is -2.38. The number of amides is 1. The minimum Gasteiger partial charge on any atom is -0.368 e. The highest BCUT2D eigenvalue weighted by molar-refractivity contribution is 5.84. The van der Waals surface area contributed by atoms with E-state index in [9.17, 15) is 4.79 Å². The first-order valence-corrected chi connectivity index (χ1v) is 6.10. The number of likely N-dealkylation sites (N-methyl/N-ethyl adjacent to an activating group) is 1. The molecule has 4 N–H and O–H groups in total. The quantitative estimate of drug-likeness (QED) is 0.699. The second-order valence-electron chi connectivity index (χ2n) is 4.69. The summed E-state index contributed by atoms with van der Waals surface area (Å²) >= 11 is 0. The van der Waals surface area contributed by atoms with Gasteiger partial charge in [0.2, 0.25) is 11.9 Å². The largest absolute Gasteiger partial charge is 0.368 e. The number of likely N-dealkylation sites (tertiary alicyclic amines) is 1. The van der Waals surface area contributed by atoms with Crippen molar-refractivity contribution in [2.24, 2.45) is 0 Å². The number of nitrogens with zero attached hydrogens (tertiary/aromatic N) is 4. The molecule has 1 fully saturated rings. The van der Waals surface area contributed by atoms with Crippen molar-refractivity contribution in [2.75, 3.05) is 24.6 Å². The van der Waals surface area contributed by atoms with Crippen LogP contribution in [0.3, 0.4) is 0 Å².